The van der Waals surface area contributed by atoms with E-state index >= 15 is 0 Å². The highest BCUT2D eigenvalue weighted by atomic mass is 32.1. The molecule has 1 aliphatic rings. The van der Waals surface area contributed by atoms with Gasteiger partial charge >= 0.3 is 0 Å². The normalized spacial score (nSPS) is 16.2. The first-order chi connectivity index (χ1) is 13.7. The molecule has 1 saturated heterocycles. The zero-order valence-corrected chi connectivity index (χ0v) is 17.3. The molecule has 7 heteroatoms. The minimum absolute atomic E-state index is 0.0925. The van der Waals surface area contributed by atoms with E-state index in [9.17, 15) is 4.79 Å². The Kier molecular flexibility index (Phi) is 6.04. The number of hydrogen-bond acceptors (Lipinski definition) is 6. The van der Waals surface area contributed by atoms with Crippen molar-refractivity contribution in [2.75, 3.05) is 13.2 Å². The lowest BCUT2D eigenvalue weighted by Crippen LogP contribution is -2.22. The van der Waals surface area contributed by atoms with E-state index in [2.05, 4.69) is 21.7 Å². The lowest BCUT2D eigenvalue weighted by atomic mass is 10.2. The number of rotatable bonds is 7. The Balaban J connectivity index is 1.28. The monoisotopic (exact) mass is 414 g/mol. The summed E-state index contributed by atoms with van der Waals surface area (Å²) in [6, 6.07) is 11.3. The van der Waals surface area contributed by atoms with E-state index in [1.165, 1.54) is 0 Å². The summed E-state index contributed by atoms with van der Waals surface area (Å²) >= 11 is 3.30. The summed E-state index contributed by atoms with van der Waals surface area (Å²) in [5, 5.41) is 6.09. The van der Waals surface area contributed by atoms with Gasteiger partial charge in [0.15, 0.2) is 0 Å². The second kappa shape index (κ2) is 8.86. The Bertz CT molecular complexity index is 927. The summed E-state index contributed by atoms with van der Waals surface area (Å²) in [4.78, 5) is 19.1. The van der Waals surface area contributed by atoms with Crippen LogP contribution in [0.4, 0.5) is 0 Å². The number of thiophene rings is 1. The van der Waals surface area contributed by atoms with Crippen molar-refractivity contribution in [3.63, 3.8) is 0 Å². The van der Waals surface area contributed by atoms with Gasteiger partial charge in [-0.25, -0.2) is 4.98 Å². The summed E-state index contributed by atoms with van der Waals surface area (Å²) in [7, 11) is 0. The number of carbonyl (C=O) groups is 1. The fourth-order valence-corrected chi connectivity index (χ4v) is 4.62. The average Bonchev–Trinajstić information content (AvgIpc) is 3.46. The highest BCUT2D eigenvalue weighted by Gasteiger charge is 2.16. The van der Waals surface area contributed by atoms with Gasteiger partial charge in [0.05, 0.1) is 28.2 Å². The first kappa shape index (κ1) is 19.1. The predicted molar refractivity (Wildman–Crippen MR) is 112 cm³/mol. The quantitative estimate of drug-likeness (QED) is 0.610. The predicted octanol–water partition coefficient (Wildman–Crippen LogP) is 4.67. The third kappa shape index (κ3) is 4.79. The Labute approximate surface area is 172 Å². The second-order valence-electron chi connectivity index (χ2n) is 6.67. The van der Waals surface area contributed by atoms with Gasteiger partial charge in [0, 0.05) is 22.4 Å². The number of aromatic nitrogens is 1. The molecule has 1 aromatic carbocycles. The molecule has 4 rings (SSSR count). The van der Waals surface area contributed by atoms with Crippen molar-refractivity contribution < 1.29 is 14.3 Å². The van der Waals surface area contributed by atoms with Gasteiger partial charge in [-0.3, -0.25) is 4.79 Å². The molecule has 1 aliphatic heterocycles. The first-order valence-corrected chi connectivity index (χ1v) is 11.0. The van der Waals surface area contributed by atoms with Crippen molar-refractivity contribution in [2.45, 2.75) is 32.4 Å². The van der Waals surface area contributed by atoms with E-state index in [0.717, 1.165) is 45.7 Å². The molecule has 2 aromatic heterocycles. The fraction of sp³-hybridized carbons (Fsp3) is 0.333. The third-order valence-electron chi connectivity index (χ3n) is 4.53. The van der Waals surface area contributed by atoms with Crippen molar-refractivity contribution in [1.29, 1.82) is 0 Å². The van der Waals surface area contributed by atoms with E-state index in [0.29, 0.717) is 18.7 Å². The topological polar surface area (TPSA) is 60.5 Å². The van der Waals surface area contributed by atoms with E-state index < -0.39 is 0 Å². The molecule has 1 N–H and O–H groups in total. The molecular weight excluding hydrogens is 392 g/mol. The second-order valence-corrected chi connectivity index (χ2v) is 8.90. The van der Waals surface area contributed by atoms with Gasteiger partial charge in [0.25, 0.3) is 5.91 Å². The summed E-state index contributed by atoms with van der Waals surface area (Å²) in [6.07, 6.45) is 2.34. The maximum absolute atomic E-state index is 12.4. The van der Waals surface area contributed by atoms with Crippen molar-refractivity contribution in [2.24, 2.45) is 0 Å². The number of hydrogen-bond donors (Lipinski definition) is 1. The van der Waals surface area contributed by atoms with Gasteiger partial charge in [-0.2, -0.15) is 0 Å². The average molecular weight is 415 g/mol. The largest absolute Gasteiger partial charge is 0.491 e. The van der Waals surface area contributed by atoms with Crippen LogP contribution in [0.15, 0.2) is 41.8 Å². The molecule has 0 unspecified atom stereocenters. The molecular formula is C21H22N2O3S2. The number of amides is 1. The summed E-state index contributed by atoms with van der Waals surface area (Å²) < 4.78 is 11.3. The lowest BCUT2D eigenvalue weighted by Gasteiger charge is -2.11. The van der Waals surface area contributed by atoms with E-state index in [1.54, 1.807) is 34.8 Å². The zero-order valence-electron chi connectivity index (χ0n) is 15.6. The molecule has 146 valence electrons. The smallest absolute Gasteiger partial charge is 0.251 e. The van der Waals surface area contributed by atoms with Gasteiger partial charge in [-0.05, 0) is 56.2 Å². The van der Waals surface area contributed by atoms with Crippen molar-refractivity contribution in [3.8, 4) is 16.3 Å². The summed E-state index contributed by atoms with van der Waals surface area (Å²) in [6.45, 7) is 3.89. The number of ether oxygens (including phenoxy) is 2. The lowest BCUT2D eigenvalue weighted by molar-refractivity contribution is 0.0679. The van der Waals surface area contributed by atoms with E-state index in [-0.39, 0.29) is 12.0 Å². The Hall–Kier alpha value is -2.22. The molecule has 3 heterocycles. The first-order valence-electron chi connectivity index (χ1n) is 9.31. The van der Waals surface area contributed by atoms with Gasteiger partial charge in [0.1, 0.15) is 12.4 Å². The maximum atomic E-state index is 12.4. The van der Waals surface area contributed by atoms with Crippen LogP contribution in [0.2, 0.25) is 0 Å². The number of benzene rings is 1. The molecule has 0 spiro atoms. The molecule has 5 nitrogen and oxygen atoms in total. The van der Waals surface area contributed by atoms with Crippen LogP contribution in [0.5, 0.6) is 5.75 Å². The third-order valence-corrected chi connectivity index (χ3v) is 6.41. The van der Waals surface area contributed by atoms with Crippen LogP contribution in [0.3, 0.4) is 0 Å². The molecule has 0 saturated carbocycles. The van der Waals surface area contributed by atoms with Crippen LogP contribution in [-0.2, 0) is 11.3 Å². The van der Waals surface area contributed by atoms with Crippen LogP contribution >= 0.6 is 22.7 Å². The molecule has 1 atom stereocenters. The Morgan fingerprint density at radius 2 is 2.14 bits per heavy atom. The molecule has 1 fully saturated rings. The Morgan fingerprint density at radius 3 is 2.86 bits per heavy atom. The van der Waals surface area contributed by atoms with Gasteiger partial charge in [0.2, 0.25) is 0 Å². The van der Waals surface area contributed by atoms with Crippen molar-refractivity contribution >= 4 is 28.6 Å². The SMILES string of the molecule is Cc1nc(-c2ccc(CNC(=O)c3ccc(OC[C@H]4CCCO4)cc3)s2)cs1. The van der Waals surface area contributed by atoms with Gasteiger partial charge in [-0.1, -0.05) is 0 Å². The van der Waals surface area contributed by atoms with Crippen molar-refractivity contribution in [3.05, 3.63) is 57.2 Å². The highest BCUT2D eigenvalue weighted by Crippen LogP contribution is 2.29. The number of nitrogens with one attached hydrogen (secondary N) is 1. The van der Waals surface area contributed by atoms with Crippen LogP contribution in [0, 0.1) is 6.92 Å². The fourth-order valence-electron chi connectivity index (χ4n) is 3.02. The van der Waals surface area contributed by atoms with Gasteiger partial charge < -0.3 is 14.8 Å². The maximum Gasteiger partial charge on any atom is 0.251 e. The number of thiazole rings is 1. The van der Waals surface area contributed by atoms with E-state index in [4.69, 9.17) is 9.47 Å². The highest BCUT2D eigenvalue weighted by molar-refractivity contribution is 7.16. The molecule has 0 bridgehead atoms. The summed E-state index contributed by atoms with van der Waals surface area (Å²) in [5.41, 5.74) is 1.63. The molecule has 28 heavy (non-hydrogen) atoms. The number of carbonyl (C=O) groups excluding carboxylic acids is 1. The standard InChI is InChI=1S/C21H22N2O3S2/c1-14-23-19(13-27-14)20-9-8-18(28-20)11-22-21(24)15-4-6-16(7-5-15)26-12-17-3-2-10-25-17/h4-9,13,17H,2-3,10-12H2,1H3,(H,22,24)/t17-/m1/s1. The van der Waals surface area contributed by atoms with E-state index in [1.807, 2.05) is 25.1 Å². The van der Waals surface area contributed by atoms with Crippen LogP contribution < -0.4 is 10.1 Å². The van der Waals surface area contributed by atoms with Crippen molar-refractivity contribution in [1.82, 2.24) is 10.3 Å². The molecule has 0 radical (unpaired) electrons. The molecule has 3 aromatic rings. The molecule has 0 aliphatic carbocycles. The van der Waals surface area contributed by atoms with Crippen LogP contribution in [0.1, 0.15) is 33.1 Å². The Morgan fingerprint density at radius 1 is 1.29 bits per heavy atom. The minimum Gasteiger partial charge on any atom is -0.491 e. The zero-order chi connectivity index (χ0) is 19.3. The summed E-state index contributed by atoms with van der Waals surface area (Å²) in [5.74, 6) is 0.665. The van der Waals surface area contributed by atoms with Crippen LogP contribution in [0.25, 0.3) is 10.6 Å². The van der Waals surface area contributed by atoms with Crippen LogP contribution in [-0.4, -0.2) is 30.2 Å². The van der Waals surface area contributed by atoms with Gasteiger partial charge in [-0.15, -0.1) is 22.7 Å². The molecule has 1 amide bonds. The number of nitrogens with zero attached hydrogens (tertiary/aromatic N) is 1. The minimum atomic E-state index is -0.0925. The number of aryl methyl sites for hydroxylation is 1.